The fourth-order valence-electron chi connectivity index (χ4n) is 3.17. The van der Waals surface area contributed by atoms with Crippen LogP contribution >= 0.6 is 0 Å². The van der Waals surface area contributed by atoms with Gasteiger partial charge in [-0.3, -0.25) is 4.79 Å². The molecule has 1 aromatic carbocycles. The smallest absolute Gasteiger partial charge is 0.331 e. The first-order valence-corrected chi connectivity index (χ1v) is 8.88. The molecular formula is C20H26FNO4. The summed E-state index contributed by atoms with van der Waals surface area (Å²) in [7, 11) is 1.38. The van der Waals surface area contributed by atoms with Gasteiger partial charge in [0.25, 0.3) is 5.91 Å². The van der Waals surface area contributed by atoms with Gasteiger partial charge in [-0.2, -0.15) is 0 Å². The van der Waals surface area contributed by atoms with Gasteiger partial charge >= 0.3 is 5.97 Å². The highest BCUT2D eigenvalue weighted by Crippen LogP contribution is 2.29. The van der Waals surface area contributed by atoms with Gasteiger partial charge in [0.1, 0.15) is 0 Å². The Morgan fingerprint density at radius 1 is 1.31 bits per heavy atom. The number of methoxy groups -OCH3 is 1. The fourth-order valence-corrected chi connectivity index (χ4v) is 3.17. The number of amides is 1. The molecule has 1 N–H and O–H groups in total. The molecule has 1 aliphatic carbocycles. The molecule has 0 unspecified atom stereocenters. The highest BCUT2D eigenvalue weighted by molar-refractivity contribution is 5.89. The fraction of sp³-hybridized carbons (Fsp3) is 0.500. The summed E-state index contributed by atoms with van der Waals surface area (Å²) in [6.45, 7) is 4.01. The minimum Gasteiger partial charge on any atom is -0.494 e. The normalized spacial score (nSPS) is 22.8. The molecule has 1 aliphatic rings. The first kappa shape index (κ1) is 19.9. The zero-order valence-corrected chi connectivity index (χ0v) is 15.5. The van der Waals surface area contributed by atoms with Crippen molar-refractivity contribution in [2.45, 2.75) is 39.2 Å². The molecule has 26 heavy (non-hydrogen) atoms. The van der Waals surface area contributed by atoms with Crippen LogP contribution in [0.1, 0.15) is 38.7 Å². The van der Waals surface area contributed by atoms with E-state index >= 15 is 0 Å². The van der Waals surface area contributed by atoms with Crippen molar-refractivity contribution >= 4 is 18.0 Å². The predicted octanol–water partition coefficient (Wildman–Crippen LogP) is 3.33. The SMILES string of the molecule is COc1ccc(/C=C/C(=O)OCC(=O)N[C@@H]2CCC[C@H](C)[C@H]2C)cc1F. The molecule has 3 atom stereocenters. The Morgan fingerprint density at radius 3 is 2.77 bits per heavy atom. The van der Waals surface area contributed by atoms with Crippen LogP contribution in [0.25, 0.3) is 6.08 Å². The lowest BCUT2D eigenvalue weighted by Gasteiger charge is -2.34. The maximum atomic E-state index is 13.6. The number of rotatable bonds is 6. The lowest BCUT2D eigenvalue weighted by molar-refractivity contribution is -0.144. The van der Waals surface area contributed by atoms with Crippen molar-refractivity contribution in [3.8, 4) is 5.75 Å². The third-order valence-corrected chi connectivity index (χ3v) is 4.99. The van der Waals surface area contributed by atoms with Gasteiger partial charge in [0.2, 0.25) is 0 Å². The Labute approximate surface area is 153 Å². The van der Waals surface area contributed by atoms with Gasteiger partial charge in [0, 0.05) is 12.1 Å². The molecule has 0 spiro atoms. The number of hydrogen-bond acceptors (Lipinski definition) is 4. The topological polar surface area (TPSA) is 64.6 Å². The minimum atomic E-state index is -0.651. The van der Waals surface area contributed by atoms with Gasteiger partial charge in [-0.1, -0.05) is 32.8 Å². The van der Waals surface area contributed by atoms with E-state index in [1.54, 1.807) is 6.07 Å². The summed E-state index contributed by atoms with van der Waals surface area (Å²) in [6.07, 6.45) is 5.82. The van der Waals surface area contributed by atoms with Gasteiger partial charge < -0.3 is 14.8 Å². The van der Waals surface area contributed by atoms with E-state index in [4.69, 9.17) is 9.47 Å². The molecule has 0 aromatic heterocycles. The largest absolute Gasteiger partial charge is 0.494 e. The lowest BCUT2D eigenvalue weighted by atomic mass is 9.78. The monoisotopic (exact) mass is 363 g/mol. The second kappa shape index (κ2) is 9.36. The van der Waals surface area contributed by atoms with Crippen LogP contribution in [-0.4, -0.2) is 31.6 Å². The highest BCUT2D eigenvalue weighted by atomic mass is 19.1. The van der Waals surface area contributed by atoms with Crippen molar-refractivity contribution in [3.63, 3.8) is 0 Å². The van der Waals surface area contributed by atoms with Gasteiger partial charge in [-0.15, -0.1) is 0 Å². The summed E-state index contributed by atoms with van der Waals surface area (Å²) in [4.78, 5) is 23.7. The van der Waals surface area contributed by atoms with Gasteiger partial charge in [-0.25, -0.2) is 9.18 Å². The highest BCUT2D eigenvalue weighted by Gasteiger charge is 2.28. The average molecular weight is 363 g/mol. The number of halogens is 1. The van der Waals surface area contributed by atoms with Crippen LogP contribution in [0.4, 0.5) is 4.39 Å². The molecule has 1 amide bonds. The minimum absolute atomic E-state index is 0.128. The van der Waals surface area contributed by atoms with Crippen LogP contribution in [0.5, 0.6) is 5.75 Å². The third kappa shape index (κ3) is 5.58. The zero-order valence-electron chi connectivity index (χ0n) is 15.5. The Hall–Kier alpha value is -2.37. The van der Waals surface area contributed by atoms with Crippen molar-refractivity contribution in [1.82, 2.24) is 5.32 Å². The molecule has 0 aliphatic heterocycles. The van der Waals surface area contributed by atoms with Crippen LogP contribution in [0.3, 0.4) is 0 Å². The summed E-state index contributed by atoms with van der Waals surface area (Å²) in [5.41, 5.74) is 0.495. The maximum Gasteiger partial charge on any atom is 0.331 e. The van der Waals surface area contributed by atoms with Crippen LogP contribution < -0.4 is 10.1 Å². The Balaban J connectivity index is 1.79. The van der Waals surface area contributed by atoms with Crippen molar-refractivity contribution < 1.29 is 23.5 Å². The molecule has 1 fully saturated rings. The standard InChI is InChI=1S/C20H26FNO4/c1-13-5-4-6-17(14(13)2)22-19(23)12-26-20(24)10-8-15-7-9-18(25-3)16(21)11-15/h7-11,13-14,17H,4-6,12H2,1-3H3,(H,22,23)/b10-8+/t13-,14+,17+/m0/s1. The molecule has 5 nitrogen and oxygen atoms in total. The number of carbonyl (C=O) groups is 2. The number of ether oxygens (including phenoxy) is 2. The molecule has 1 saturated carbocycles. The third-order valence-electron chi connectivity index (χ3n) is 4.99. The molecular weight excluding hydrogens is 337 g/mol. The molecule has 0 saturated heterocycles. The zero-order chi connectivity index (χ0) is 19.1. The molecule has 142 valence electrons. The van der Waals surface area contributed by atoms with E-state index in [2.05, 4.69) is 19.2 Å². The summed E-state index contributed by atoms with van der Waals surface area (Å²) in [5.74, 6) is -0.349. The number of esters is 1. The molecule has 1 aromatic rings. The van der Waals surface area contributed by atoms with Gasteiger partial charge in [0.05, 0.1) is 7.11 Å². The summed E-state index contributed by atoms with van der Waals surface area (Å²) >= 11 is 0. The van der Waals surface area contributed by atoms with Crippen molar-refractivity contribution in [3.05, 3.63) is 35.7 Å². The van der Waals surface area contributed by atoms with E-state index in [1.807, 2.05) is 0 Å². The summed E-state index contributed by atoms with van der Waals surface area (Å²) < 4.78 is 23.4. The Bertz CT molecular complexity index is 674. The van der Waals surface area contributed by atoms with Crippen LogP contribution in [0.15, 0.2) is 24.3 Å². The number of nitrogens with one attached hydrogen (secondary N) is 1. The van der Waals surface area contributed by atoms with Crippen molar-refractivity contribution in [2.75, 3.05) is 13.7 Å². The van der Waals surface area contributed by atoms with E-state index in [1.165, 1.54) is 37.8 Å². The number of hydrogen-bond donors (Lipinski definition) is 1. The summed E-state index contributed by atoms with van der Waals surface area (Å²) in [6, 6.07) is 4.47. The second-order valence-corrected chi connectivity index (χ2v) is 6.78. The van der Waals surface area contributed by atoms with E-state index in [-0.39, 0.29) is 24.3 Å². The van der Waals surface area contributed by atoms with E-state index in [0.717, 1.165) is 12.8 Å². The first-order chi connectivity index (χ1) is 12.4. The van der Waals surface area contributed by atoms with E-state index in [9.17, 15) is 14.0 Å². The molecule has 0 bridgehead atoms. The summed E-state index contributed by atoms with van der Waals surface area (Å²) in [5, 5.41) is 2.94. The first-order valence-electron chi connectivity index (χ1n) is 8.88. The van der Waals surface area contributed by atoms with Gasteiger partial charge in [-0.05, 0) is 42.0 Å². The van der Waals surface area contributed by atoms with E-state index < -0.39 is 11.8 Å². The maximum absolute atomic E-state index is 13.6. The predicted molar refractivity (Wildman–Crippen MR) is 97.1 cm³/mol. The number of benzene rings is 1. The average Bonchev–Trinajstić information content (AvgIpc) is 2.62. The number of carbonyl (C=O) groups excluding carboxylic acids is 2. The Morgan fingerprint density at radius 2 is 2.08 bits per heavy atom. The van der Waals surface area contributed by atoms with Crippen LogP contribution in [-0.2, 0) is 14.3 Å². The second-order valence-electron chi connectivity index (χ2n) is 6.78. The quantitative estimate of drug-likeness (QED) is 0.622. The molecule has 2 rings (SSSR count). The molecule has 0 heterocycles. The van der Waals surface area contributed by atoms with Crippen LogP contribution in [0.2, 0.25) is 0 Å². The van der Waals surface area contributed by atoms with Crippen LogP contribution in [0, 0.1) is 17.7 Å². The van der Waals surface area contributed by atoms with Crippen molar-refractivity contribution in [2.24, 2.45) is 11.8 Å². The molecule has 0 radical (unpaired) electrons. The lowest BCUT2D eigenvalue weighted by Crippen LogP contribution is -2.45. The van der Waals surface area contributed by atoms with Crippen molar-refractivity contribution in [1.29, 1.82) is 0 Å². The van der Waals surface area contributed by atoms with Gasteiger partial charge in [0.15, 0.2) is 18.2 Å². The van der Waals surface area contributed by atoms with E-state index in [0.29, 0.717) is 17.4 Å². The molecule has 6 heteroatoms. The Kier molecular flexibility index (Phi) is 7.18.